The number of nitrogens with two attached hydrogens (primary N) is 1. The highest BCUT2D eigenvalue weighted by atomic mass is 35.5. The van der Waals surface area contributed by atoms with Gasteiger partial charge >= 0.3 is 0 Å². The van der Waals surface area contributed by atoms with Gasteiger partial charge in [0.05, 0.1) is 17.1 Å². The molecule has 3 aromatic carbocycles. The summed E-state index contributed by atoms with van der Waals surface area (Å²) in [6.45, 7) is 1.93. The predicted molar refractivity (Wildman–Crippen MR) is 121 cm³/mol. The number of hydrogen-bond donors (Lipinski definition) is 2. The van der Waals surface area contributed by atoms with E-state index in [0.29, 0.717) is 10.7 Å². The molecule has 0 aliphatic carbocycles. The molecule has 152 valence electrons. The highest BCUT2D eigenvalue weighted by Crippen LogP contribution is 2.28. The maximum absolute atomic E-state index is 11.2. The quantitative estimate of drug-likeness (QED) is 0.469. The Morgan fingerprint density at radius 3 is 1.97 bits per heavy atom. The molecule has 0 saturated carbocycles. The fourth-order valence-corrected chi connectivity index (χ4v) is 3.80. The molecule has 0 spiro atoms. The van der Waals surface area contributed by atoms with Crippen molar-refractivity contribution in [2.24, 2.45) is 5.14 Å². The van der Waals surface area contributed by atoms with Crippen LogP contribution in [0.3, 0.4) is 0 Å². The topological polar surface area (TPSA) is 90.0 Å². The minimum Gasteiger partial charge on any atom is -0.271 e. The van der Waals surface area contributed by atoms with Crippen LogP contribution < -0.4 is 9.86 Å². The van der Waals surface area contributed by atoms with Crippen LogP contribution in [0.2, 0.25) is 5.02 Å². The van der Waals surface area contributed by atoms with Gasteiger partial charge in [-0.3, -0.25) is 4.72 Å². The van der Waals surface area contributed by atoms with Crippen LogP contribution in [-0.4, -0.2) is 18.2 Å². The van der Waals surface area contributed by atoms with Crippen LogP contribution in [0, 0.1) is 6.92 Å². The molecule has 0 bridgehead atoms. The van der Waals surface area contributed by atoms with Crippen molar-refractivity contribution in [2.45, 2.75) is 6.92 Å². The van der Waals surface area contributed by atoms with E-state index < -0.39 is 10.2 Å². The summed E-state index contributed by atoms with van der Waals surface area (Å²) >= 11 is 5.97. The Morgan fingerprint density at radius 2 is 1.40 bits per heavy atom. The van der Waals surface area contributed by atoms with Crippen LogP contribution in [0.5, 0.6) is 0 Å². The van der Waals surface area contributed by atoms with Gasteiger partial charge in [-0.25, -0.2) is 9.82 Å². The first-order valence-corrected chi connectivity index (χ1v) is 11.0. The number of hydrogen-bond acceptors (Lipinski definition) is 3. The zero-order valence-corrected chi connectivity index (χ0v) is 17.7. The van der Waals surface area contributed by atoms with Gasteiger partial charge in [0.1, 0.15) is 0 Å². The number of benzene rings is 3. The Bertz CT molecular complexity index is 1280. The van der Waals surface area contributed by atoms with Gasteiger partial charge in [-0.2, -0.15) is 13.5 Å². The van der Waals surface area contributed by atoms with Gasteiger partial charge in [-0.1, -0.05) is 48.0 Å². The lowest BCUT2D eigenvalue weighted by Crippen LogP contribution is -2.21. The molecule has 0 unspecified atom stereocenters. The number of aromatic nitrogens is 2. The molecule has 0 atom stereocenters. The molecule has 0 amide bonds. The molecule has 6 nitrogen and oxygen atoms in total. The smallest absolute Gasteiger partial charge is 0.271 e. The number of halogens is 1. The molecular formula is C22H19ClN4O2S. The van der Waals surface area contributed by atoms with E-state index in [1.165, 1.54) is 0 Å². The van der Waals surface area contributed by atoms with Crippen LogP contribution >= 0.6 is 11.6 Å². The number of aryl methyl sites for hydroxylation is 1. The van der Waals surface area contributed by atoms with Crippen molar-refractivity contribution in [3.63, 3.8) is 0 Å². The zero-order chi connectivity index (χ0) is 21.3. The summed E-state index contributed by atoms with van der Waals surface area (Å²) in [5, 5.41) is 10.3. The van der Waals surface area contributed by atoms with E-state index in [4.69, 9.17) is 16.7 Å². The standard InChI is InChI=1S/C22H19ClN4O2S/c1-15-14-22(18-4-2-16(3-5-18)17-6-8-19(23)9-7-17)27(25-15)21-12-10-20(11-13-21)26-30(24,28)29/h2-14,26H,1H3,(H2,24,28,29). The second kappa shape index (κ2) is 7.95. The van der Waals surface area contributed by atoms with Crippen LogP contribution in [-0.2, 0) is 10.2 Å². The number of nitrogens with zero attached hydrogens (tertiary/aromatic N) is 2. The minimum atomic E-state index is -3.81. The SMILES string of the molecule is Cc1cc(-c2ccc(-c3ccc(Cl)cc3)cc2)n(-c2ccc(NS(N)(=O)=O)cc2)n1. The van der Waals surface area contributed by atoms with Crippen molar-refractivity contribution in [3.05, 3.63) is 89.6 Å². The molecule has 3 N–H and O–H groups in total. The molecule has 4 aromatic rings. The minimum absolute atomic E-state index is 0.388. The van der Waals surface area contributed by atoms with Crippen molar-refractivity contribution in [1.82, 2.24) is 9.78 Å². The molecule has 4 rings (SSSR count). The second-order valence-corrected chi connectivity index (χ2v) is 8.59. The van der Waals surface area contributed by atoms with Gasteiger partial charge < -0.3 is 0 Å². The van der Waals surface area contributed by atoms with Crippen LogP contribution in [0.1, 0.15) is 5.69 Å². The number of rotatable bonds is 5. The lowest BCUT2D eigenvalue weighted by molar-refractivity contribution is 0.603. The fourth-order valence-electron chi connectivity index (χ4n) is 3.21. The van der Waals surface area contributed by atoms with Crippen molar-refractivity contribution >= 4 is 27.5 Å². The Labute approximate surface area is 180 Å². The van der Waals surface area contributed by atoms with Gasteiger partial charge in [-0.05, 0) is 60.5 Å². The van der Waals surface area contributed by atoms with Crippen molar-refractivity contribution < 1.29 is 8.42 Å². The lowest BCUT2D eigenvalue weighted by atomic mass is 10.0. The molecule has 0 radical (unpaired) electrons. The Morgan fingerprint density at radius 1 is 0.867 bits per heavy atom. The Hall–Kier alpha value is -3.13. The van der Waals surface area contributed by atoms with E-state index in [1.54, 1.807) is 24.3 Å². The van der Waals surface area contributed by atoms with Gasteiger partial charge in [-0.15, -0.1) is 0 Å². The first-order valence-electron chi connectivity index (χ1n) is 9.12. The van der Waals surface area contributed by atoms with Gasteiger partial charge in [0, 0.05) is 16.3 Å². The zero-order valence-electron chi connectivity index (χ0n) is 16.1. The third-order valence-corrected chi connectivity index (χ3v) is 5.33. The van der Waals surface area contributed by atoms with E-state index in [9.17, 15) is 8.42 Å². The third-order valence-electron chi connectivity index (χ3n) is 4.56. The van der Waals surface area contributed by atoms with Gasteiger partial charge in [0.15, 0.2) is 0 Å². The Balaban J connectivity index is 1.65. The second-order valence-electron chi connectivity index (χ2n) is 6.86. The van der Waals surface area contributed by atoms with E-state index in [1.807, 2.05) is 54.1 Å². The maximum atomic E-state index is 11.2. The highest BCUT2D eigenvalue weighted by molar-refractivity contribution is 7.90. The summed E-state index contributed by atoms with van der Waals surface area (Å²) in [4.78, 5) is 0. The molecule has 0 fully saturated rings. The molecule has 1 aromatic heterocycles. The summed E-state index contributed by atoms with van der Waals surface area (Å²) in [5.74, 6) is 0. The van der Waals surface area contributed by atoms with Crippen molar-refractivity contribution in [3.8, 4) is 28.1 Å². The van der Waals surface area contributed by atoms with E-state index in [2.05, 4.69) is 22.0 Å². The van der Waals surface area contributed by atoms with Gasteiger partial charge in [0.2, 0.25) is 0 Å². The van der Waals surface area contributed by atoms with E-state index in [-0.39, 0.29) is 0 Å². The van der Waals surface area contributed by atoms with E-state index in [0.717, 1.165) is 33.8 Å². The summed E-state index contributed by atoms with van der Waals surface area (Å²) in [7, 11) is -3.81. The molecule has 30 heavy (non-hydrogen) atoms. The first-order chi connectivity index (χ1) is 14.3. The maximum Gasteiger partial charge on any atom is 0.296 e. The monoisotopic (exact) mass is 438 g/mol. The third kappa shape index (κ3) is 4.54. The Kier molecular flexibility index (Phi) is 5.34. The van der Waals surface area contributed by atoms with Crippen LogP contribution in [0.25, 0.3) is 28.1 Å². The molecule has 1 heterocycles. The van der Waals surface area contributed by atoms with Crippen LogP contribution in [0.15, 0.2) is 78.9 Å². The molecular weight excluding hydrogens is 420 g/mol. The predicted octanol–water partition coefficient (Wildman–Crippen LogP) is 4.78. The number of anilines is 1. The normalized spacial score (nSPS) is 11.4. The highest BCUT2D eigenvalue weighted by Gasteiger charge is 2.11. The van der Waals surface area contributed by atoms with Gasteiger partial charge in [0.25, 0.3) is 10.2 Å². The summed E-state index contributed by atoms with van der Waals surface area (Å²) in [5.41, 5.74) is 6.20. The lowest BCUT2D eigenvalue weighted by Gasteiger charge is -2.10. The molecule has 0 aliphatic rings. The summed E-state index contributed by atoms with van der Waals surface area (Å²) in [6.07, 6.45) is 0. The van der Waals surface area contributed by atoms with E-state index >= 15 is 0 Å². The average Bonchev–Trinajstić information content (AvgIpc) is 3.10. The van der Waals surface area contributed by atoms with Crippen molar-refractivity contribution in [1.29, 1.82) is 0 Å². The van der Waals surface area contributed by atoms with Crippen LogP contribution in [0.4, 0.5) is 5.69 Å². The largest absolute Gasteiger partial charge is 0.296 e. The summed E-state index contributed by atoms with van der Waals surface area (Å²) < 4.78 is 26.4. The number of nitrogens with one attached hydrogen (secondary N) is 1. The molecule has 0 aliphatic heterocycles. The fraction of sp³-hybridized carbons (Fsp3) is 0.0455. The van der Waals surface area contributed by atoms with Crippen molar-refractivity contribution in [2.75, 3.05) is 4.72 Å². The summed E-state index contributed by atoms with van der Waals surface area (Å²) in [6, 6.07) is 24.8. The average molecular weight is 439 g/mol. The molecule has 0 saturated heterocycles. The first kappa shape index (κ1) is 20.2. The molecule has 8 heteroatoms.